The molecule has 3 aromatic carbocycles. The van der Waals surface area contributed by atoms with Crippen LogP contribution in [0.3, 0.4) is 0 Å². The number of hydrogen-bond donors (Lipinski definition) is 3. The lowest BCUT2D eigenvalue weighted by Crippen LogP contribution is -3.08. The number of sulfonamides is 1. The van der Waals surface area contributed by atoms with Crippen molar-refractivity contribution < 1.29 is 18.1 Å². The molecule has 0 heterocycles. The number of likely N-dealkylation sites (N-methyl/N-ethyl adjacent to an activating group) is 1. The van der Waals surface area contributed by atoms with Gasteiger partial charge in [0.25, 0.3) is 5.91 Å². The highest BCUT2D eigenvalue weighted by Gasteiger charge is 2.15. The number of primary sulfonamides is 1. The fourth-order valence-corrected chi connectivity index (χ4v) is 3.87. The van der Waals surface area contributed by atoms with Crippen LogP contribution in [0, 0.1) is 0 Å². The van der Waals surface area contributed by atoms with Gasteiger partial charge in [-0.2, -0.15) is 0 Å². The van der Waals surface area contributed by atoms with Gasteiger partial charge < -0.3 is 10.2 Å². The SMILES string of the molecule is C[C@@H](NC(=O)C[NH+](C)Cc1ccc2ccccc2c1)c1ccc(S(N)(=O)=O)cc1. The van der Waals surface area contributed by atoms with Gasteiger partial charge in [0.2, 0.25) is 10.0 Å². The van der Waals surface area contributed by atoms with Crippen molar-refractivity contribution >= 4 is 26.7 Å². The topological polar surface area (TPSA) is 93.7 Å². The Morgan fingerprint density at radius 1 is 1.03 bits per heavy atom. The lowest BCUT2D eigenvalue weighted by atomic mass is 10.1. The Morgan fingerprint density at radius 2 is 1.69 bits per heavy atom. The van der Waals surface area contributed by atoms with Crippen molar-refractivity contribution in [3.63, 3.8) is 0 Å². The summed E-state index contributed by atoms with van der Waals surface area (Å²) in [5.74, 6) is -0.0636. The third-order valence-electron chi connectivity index (χ3n) is 4.87. The molecular formula is C22H26N3O3S+. The second kappa shape index (κ2) is 8.73. The highest BCUT2D eigenvalue weighted by molar-refractivity contribution is 7.89. The number of hydrogen-bond acceptors (Lipinski definition) is 3. The van der Waals surface area contributed by atoms with Crippen LogP contribution >= 0.6 is 0 Å². The maximum Gasteiger partial charge on any atom is 0.275 e. The van der Waals surface area contributed by atoms with Gasteiger partial charge in [0, 0.05) is 5.56 Å². The summed E-state index contributed by atoms with van der Waals surface area (Å²) >= 11 is 0. The summed E-state index contributed by atoms with van der Waals surface area (Å²) in [4.78, 5) is 13.6. The maximum atomic E-state index is 12.4. The van der Waals surface area contributed by atoms with E-state index in [1.165, 1.54) is 28.5 Å². The average molecular weight is 413 g/mol. The molecule has 3 rings (SSSR count). The number of nitrogens with two attached hydrogens (primary N) is 1. The van der Waals surface area contributed by atoms with Gasteiger partial charge in [-0.3, -0.25) is 4.79 Å². The van der Waals surface area contributed by atoms with Crippen molar-refractivity contribution in [3.8, 4) is 0 Å². The van der Waals surface area contributed by atoms with Crippen LogP contribution in [0.25, 0.3) is 10.8 Å². The lowest BCUT2D eigenvalue weighted by Gasteiger charge is -2.18. The van der Waals surface area contributed by atoms with Crippen molar-refractivity contribution in [1.29, 1.82) is 0 Å². The van der Waals surface area contributed by atoms with Crippen LogP contribution in [0.4, 0.5) is 0 Å². The summed E-state index contributed by atoms with van der Waals surface area (Å²) in [6.07, 6.45) is 0. The molecule has 2 atom stereocenters. The predicted octanol–water partition coefficient (Wildman–Crippen LogP) is 1.38. The molecule has 0 saturated heterocycles. The second-order valence-electron chi connectivity index (χ2n) is 7.40. The minimum atomic E-state index is -3.72. The van der Waals surface area contributed by atoms with E-state index in [0.29, 0.717) is 6.54 Å². The van der Waals surface area contributed by atoms with Gasteiger partial charge in [0.1, 0.15) is 6.54 Å². The van der Waals surface area contributed by atoms with Crippen LogP contribution in [-0.4, -0.2) is 27.9 Å². The van der Waals surface area contributed by atoms with Gasteiger partial charge in [0.15, 0.2) is 6.54 Å². The zero-order chi connectivity index (χ0) is 21.0. The van der Waals surface area contributed by atoms with Gasteiger partial charge in [-0.1, -0.05) is 48.5 Å². The van der Waals surface area contributed by atoms with E-state index in [0.717, 1.165) is 17.0 Å². The minimum Gasteiger partial charge on any atom is -0.345 e. The quantitative estimate of drug-likeness (QED) is 0.547. The van der Waals surface area contributed by atoms with E-state index in [4.69, 9.17) is 5.14 Å². The van der Waals surface area contributed by atoms with E-state index in [9.17, 15) is 13.2 Å². The van der Waals surface area contributed by atoms with Crippen molar-refractivity contribution in [3.05, 3.63) is 77.9 Å². The first-order valence-corrected chi connectivity index (χ1v) is 11.0. The van der Waals surface area contributed by atoms with E-state index in [-0.39, 0.29) is 16.8 Å². The summed E-state index contributed by atoms with van der Waals surface area (Å²) in [6.45, 7) is 2.95. The van der Waals surface area contributed by atoms with E-state index < -0.39 is 10.0 Å². The fraction of sp³-hybridized carbons (Fsp3) is 0.227. The Morgan fingerprint density at radius 3 is 2.34 bits per heavy atom. The second-order valence-corrected chi connectivity index (χ2v) is 8.96. The summed E-state index contributed by atoms with van der Waals surface area (Å²) in [6, 6.07) is 20.6. The molecular weight excluding hydrogens is 386 g/mol. The van der Waals surface area contributed by atoms with Crippen LogP contribution in [0.1, 0.15) is 24.1 Å². The van der Waals surface area contributed by atoms with Crippen LogP contribution in [-0.2, 0) is 21.4 Å². The number of rotatable bonds is 7. The number of nitrogens with one attached hydrogen (secondary N) is 2. The summed E-state index contributed by atoms with van der Waals surface area (Å²) < 4.78 is 22.7. The third-order valence-corrected chi connectivity index (χ3v) is 5.80. The molecule has 0 saturated carbocycles. The molecule has 0 aromatic heterocycles. The first-order valence-electron chi connectivity index (χ1n) is 9.43. The standard InChI is InChI=1S/C22H25N3O3S/c1-16(18-9-11-21(12-10-18)29(23,27)28)24-22(26)15-25(2)14-17-7-8-19-5-3-4-6-20(19)13-17/h3-13,16H,14-15H2,1-2H3,(H,24,26)(H2,23,27,28)/p+1/t16-/m1/s1. The Labute approximate surface area is 171 Å². The predicted molar refractivity (Wildman–Crippen MR) is 114 cm³/mol. The fourth-order valence-electron chi connectivity index (χ4n) is 3.36. The number of amides is 1. The molecule has 0 bridgehead atoms. The molecule has 4 N–H and O–H groups in total. The summed E-state index contributed by atoms with van der Waals surface area (Å²) in [7, 11) is -1.73. The summed E-state index contributed by atoms with van der Waals surface area (Å²) in [5, 5.41) is 10.5. The van der Waals surface area contributed by atoms with Crippen LogP contribution < -0.4 is 15.4 Å². The van der Waals surface area contributed by atoms with Crippen molar-refractivity contribution in [2.75, 3.05) is 13.6 Å². The molecule has 0 fully saturated rings. The largest absolute Gasteiger partial charge is 0.345 e. The van der Waals surface area contributed by atoms with E-state index in [1.54, 1.807) is 12.1 Å². The monoisotopic (exact) mass is 412 g/mol. The Balaban J connectivity index is 1.56. The Bertz CT molecular complexity index is 1110. The summed E-state index contributed by atoms with van der Waals surface area (Å²) in [5.41, 5.74) is 2.00. The number of quaternary nitrogens is 1. The molecule has 0 aliphatic carbocycles. The number of carbonyl (C=O) groups is 1. The van der Waals surface area contributed by atoms with E-state index in [1.807, 2.05) is 26.1 Å². The van der Waals surface area contributed by atoms with Gasteiger partial charge >= 0.3 is 0 Å². The minimum absolute atomic E-state index is 0.0549. The maximum absolute atomic E-state index is 12.4. The molecule has 152 valence electrons. The normalized spacial score (nSPS) is 13.8. The average Bonchev–Trinajstić information content (AvgIpc) is 2.67. The number of carbonyl (C=O) groups excluding carboxylic acids is 1. The lowest BCUT2D eigenvalue weighted by molar-refractivity contribution is -0.885. The van der Waals surface area contributed by atoms with Crippen LogP contribution in [0.5, 0.6) is 0 Å². The highest BCUT2D eigenvalue weighted by Crippen LogP contribution is 2.16. The van der Waals surface area contributed by atoms with Crippen LogP contribution in [0.2, 0.25) is 0 Å². The smallest absolute Gasteiger partial charge is 0.275 e. The van der Waals surface area contributed by atoms with Crippen molar-refractivity contribution in [2.45, 2.75) is 24.4 Å². The Hall–Kier alpha value is -2.74. The van der Waals surface area contributed by atoms with E-state index >= 15 is 0 Å². The molecule has 1 amide bonds. The number of fused-ring (bicyclic) bond motifs is 1. The molecule has 7 heteroatoms. The molecule has 0 spiro atoms. The molecule has 0 aliphatic heterocycles. The third kappa shape index (κ3) is 5.63. The first kappa shape index (κ1) is 21.0. The molecule has 1 unspecified atom stereocenters. The molecule has 0 aliphatic rings. The molecule has 6 nitrogen and oxygen atoms in total. The van der Waals surface area contributed by atoms with Gasteiger partial charge in [-0.25, -0.2) is 13.6 Å². The molecule has 29 heavy (non-hydrogen) atoms. The van der Waals surface area contributed by atoms with Crippen molar-refractivity contribution in [2.24, 2.45) is 5.14 Å². The number of benzene rings is 3. The Kier molecular flexibility index (Phi) is 6.32. The highest BCUT2D eigenvalue weighted by atomic mass is 32.2. The zero-order valence-corrected chi connectivity index (χ0v) is 17.4. The molecule has 3 aromatic rings. The van der Waals surface area contributed by atoms with E-state index in [2.05, 4.69) is 35.6 Å². The zero-order valence-electron chi connectivity index (χ0n) is 16.6. The van der Waals surface area contributed by atoms with Crippen LogP contribution in [0.15, 0.2) is 71.6 Å². The van der Waals surface area contributed by atoms with Gasteiger partial charge in [-0.15, -0.1) is 0 Å². The van der Waals surface area contributed by atoms with Gasteiger partial charge in [0.05, 0.1) is 18.0 Å². The van der Waals surface area contributed by atoms with Crippen molar-refractivity contribution in [1.82, 2.24) is 5.32 Å². The molecule has 0 radical (unpaired) electrons. The van der Waals surface area contributed by atoms with Gasteiger partial charge in [-0.05, 0) is 41.5 Å². The first-order chi connectivity index (χ1) is 13.7.